The van der Waals surface area contributed by atoms with E-state index in [4.69, 9.17) is 4.42 Å². The Morgan fingerprint density at radius 2 is 0.796 bits per heavy atom. The first-order chi connectivity index (χ1) is 26.8. The molecule has 0 fully saturated rings. The van der Waals surface area contributed by atoms with E-state index in [1.807, 2.05) is 12.1 Å². The van der Waals surface area contributed by atoms with E-state index in [1.165, 1.54) is 44.2 Å². The fourth-order valence-electron chi connectivity index (χ4n) is 7.79. The Morgan fingerprint density at radius 1 is 0.296 bits per heavy atom. The zero-order valence-corrected chi connectivity index (χ0v) is 29.6. The van der Waals surface area contributed by atoms with Crippen LogP contribution >= 0.6 is 0 Å². The second kappa shape index (κ2) is 13.4. The Hall–Kier alpha value is -7.16. The van der Waals surface area contributed by atoms with Crippen LogP contribution in [-0.4, -0.2) is 0 Å². The van der Waals surface area contributed by atoms with Crippen LogP contribution in [0.25, 0.3) is 77.2 Å². The molecule has 0 radical (unpaired) electrons. The maximum atomic E-state index is 6.34. The van der Waals surface area contributed by atoms with Crippen molar-refractivity contribution < 1.29 is 4.42 Å². The monoisotopic (exact) mass is 689 g/mol. The van der Waals surface area contributed by atoms with Crippen LogP contribution in [0.5, 0.6) is 0 Å². The standard InChI is InChI=1S/C52H35NO/c1-2-11-36(12-3-1)37-21-23-38(24-22-37)39-25-30-43(31-26-39)53(44-32-27-41(28-33-44)46-18-10-14-40-13-4-5-15-45(40)46)50-19-8-6-16-47(50)42-29-34-49-48-17-7-9-20-51(48)54-52(49)35-42/h1-35H. The third kappa shape index (κ3) is 5.71. The van der Waals surface area contributed by atoms with Crippen molar-refractivity contribution in [3.05, 3.63) is 212 Å². The summed E-state index contributed by atoms with van der Waals surface area (Å²) in [6.07, 6.45) is 0. The average Bonchev–Trinajstić information content (AvgIpc) is 3.63. The molecule has 0 aliphatic heterocycles. The Kier molecular flexibility index (Phi) is 7.85. The van der Waals surface area contributed by atoms with Crippen molar-refractivity contribution in [2.75, 3.05) is 4.90 Å². The maximum absolute atomic E-state index is 6.34. The smallest absolute Gasteiger partial charge is 0.136 e. The number of fused-ring (bicyclic) bond motifs is 4. The van der Waals surface area contributed by atoms with Crippen molar-refractivity contribution in [2.45, 2.75) is 0 Å². The van der Waals surface area contributed by atoms with Crippen molar-refractivity contribution in [3.63, 3.8) is 0 Å². The molecule has 0 N–H and O–H groups in total. The van der Waals surface area contributed by atoms with Crippen LogP contribution in [0.1, 0.15) is 0 Å². The first-order valence-electron chi connectivity index (χ1n) is 18.4. The molecule has 0 aliphatic rings. The number of rotatable bonds is 7. The molecule has 0 atom stereocenters. The van der Waals surface area contributed by atoms with E-state index >= 15 is 0 Å². The number of hydrogen-bond acceptors (Lipinski definition) is 2. The van der Waals surface area contributed by atoms with E-state index in [0.717, 1.165) is 50.1 Å². The number of hydrogen-bond donors (Lipinski definition) is 0. The third-order valence-electron chi connectivity index (χ3n) is 10.5. The summed E-state index contributed by atoms with van der Waals surface area (Å²) in [5.41, 5.74) is 14.5. The highest BCUT2D eigenvalue weighted by Gasteiger charge is 2.19. The normalized spacial score (nSPS) is 11.3. The van der Waals surface area contributed by atoms with Crippen LogP contribution in [0.2, 0.25) is 0 Å². The molecule has 10 aromatic rings. The summed E-state index contributed by atoms with van der Waals surface area (Å²) in [7, 11) is 0. The lowest BCUT2D eigenvalue weighted by molar-refractivity contribution is 0.669. The number of benzene rings is 9. The fraction of sp³-hybridized carbons (Fsp3) is 0. The molecule has 0 bridgehead atoms. The molecular weight excluding hydrogens is 655 g/mol. The van der Waals surface area contributed by atoms with Crippen LogP contribution in [0.15, 0.2) is 217 Å². The van der Waals surface area contributed by atoms with Gasteiger partial charge in [-0.2, -0.15) is 0 Å². The summed E-state index contributed by atoms with van der Waals surface area (Å²) in [5.74, 6) is 0. The molecule has 1 heterocycles. The molecule has 54 heavy (non-hydrogen) atoms. The SMILES string of the molecule is c1ccc(-c2ccc(-c3ccc(N(c4ccc(-c5cccc6ccccc56)cc4)c4ccccc4-c4ccc5c(c4)oc4ccccc45)cc3)cc2)cc1. The number of nitrogens with zero attached hydrogens (tertiary/aromatic N) is 1. The topological polar surface area (TPSA) is 16.4 Å². The van der Waals surface area contributed by atoms with Gasteiger partial charge in [0, 0.05) is 27.7 Å². The van der Waals surface area contributed by atoms with Gasteiger partial charge in [-0.3, -0.25) is 0 Å². The minimum atomic E-state index is 0.886. The molecule has 10 rings (SSSR count). The lowest BCUT2D eigenvalue weighted by Gasteiger charge is -2.28. The zero-order chi connectivity index (χ0) is 35.8. The van der Waals surface area contributed by atoms with E-state index < -0.39 is 0 Å². The first-order valence-corrected chi connectivity index (χ1v) is 18.4. The summed E-state index contributed by atoms with van der Waals surface area (Å²) in [4.78, 5) is 2.37. The summed E-state index contributed by atoms with van der Waals surface area (Å²) in [5, 5.41) is 4.75. The van der Waals surface area contributed by atoms with Gasteiger partial charge in [0.05, 0.1) is 5.69 Å². The Bertz CT molecular complexity index is 2900. The maximum Gasteiger partial charge on any atom is 0.136 e. The highest BCUT2D eigenvalue weighted by atomic mass is 16.3. The van der Waals surface area contributed by atoms with E-state index in [0.29, 0.717) is 0 Å². The van der Waals surface area contributed by atoms with Crippen LogP contribution in [-0.2, 0) is 0 Å². The van der Waals surface area contributed by atoms with Crippen molar-refractivity contribution in [2.24, 2.45) is 0 Å². The van der Waals surface area contributed by atoms with Gasteiger partial charge >= 0.3 is 0 Å². The van der Waals surface area contributed by atoms with Gasteiger partial charge in [0.25, 0.3) is 0 Å². The fourth-order valence-corrected chi connectivity index (χ4v) is 7.79. The van der Waals surface area contributed by atoms with Crippen LogP contribution in [0.4, 0.5) is 17.1 Å². The largest absolute Gasteiger partial charge is 0.456 e. The molecule has 0 aliphatic carbocycles. The molecule has 2 heteroatoms. The van der Waals surface area contributed by atoms with E-state index in [9.17, 15) is 0 Å². The molecular formula is C52H35NO. The van der Waals surface area contributed by atoms with Gasteiger partial charge in [-0.25, -0.2) is 0 Å². The minimum absolute atomic E-state index is 0.886. The Labute approximate surface area is 314 Å². The van der Waals surface area contributed by atoms with Crippen LogP contribution in [0.3, 0.4) is 0 Å². The second-order valence-corrected chi connectivity index (χ2v) is 13.7. The van der Waals surface area contributed by atoms with Gasteiger partial charge < -0.3 is 9.32 Å². The summed E-state index contributed by atoms with van der Waals surface area (Å²) in [6.45, 7) is 0. The van der Waals surface area contributed by atoms with Crippen molar-refractivity contribution >= 4 is 49.8 Å². The van der Waals surface area contributed by atoms with Gasteiger partial charge in [0.15, 0.2) is 0 Å². The molecule has 0 unspecified atom stereocenters. The van der Waals surface area contributed by atoms with E-state index in [2.05, 4.69) is 205 Å². The number of anilines is 3. The summed E-state index contributed by atoms with van der Waals surface area (Å²) in [6, 6.07) is 75.9. The van der Waals surface area contributed by atoms with Crippen LogP contribution in [0, 0.1) is 0 Å². The molecule has 0 amide bonds. The average molecular weight is 690 g/mol. The molecule has 0 saturated carbocycles. The molecule has 0 saturated heterocycles. The van der Waals surface area contributed by atoms with Gasteiger partial charge in [0.1, 0.15) is 11.2 Å². The van der Waals surface area contributed by atoms with E-state index in [1.54, 1.807) is 0 Å². The molecule has 1 aromatic heterocycles. The molecule has 0 spiro atoms. The minimum Gasteiger partial charge on any atom is -0.456 e. The van der Waals surface area contributed by atoms with Gasteiger partial charge in [-0.15, -0.1) is 0 Å². The van der Waals surface area contributed by atoms with Gasteiger partial charge in [0.2, 0.25) is 0 Å². The third-order valence-corrected chi connectivity index (χ3v) is 10.5. The lowest BCUT2D eigenvalue weighted by atomic mass is 9.97. The predicted octanol–water partition coefficient (Wildman–Crippen LogP) is 14.9. The van der Waals surface area contributed by atoms with Crippen LogP contribution < -0.4 is 4.90 Å². The quantitative estimate of drug-likeness (QED) is 0.166. The Morgan fingerprint density at radius 3 is 1.54 bits per heavy atom. The second-order valence-electron chi connectivity index (χ2n) is 13.7. The molecule has 2 nitrogen and oxygen atoms in total. The zero-order valence-electron chi connectivity index (χ0n) is 29.6. The highest BCUT2D eigenvalue weighted by molar-refractivity contribution is 6.06. The first kappa shape index (κ1) is 31.6. The van der Waals surface area contributed by atoms with E-state index in [-0.39, 0.29) is 0 Å². The summed E-state index contributed by atoms with van der Waals surface area (Å²) >= 11 is 0. The van der Waals surface area contributed by atoms with Crippen molar-refractivity contribution in [3.8, 4) is 44.5 Å². The van der Waals surface area contributed by atoms with Crippen molar-refractivity contribution in [1.82, 2.24) is 0 Å². The highest BCUT2D eigenvalue weighted by Crippen LogP contribution is 2.43. The summed E-state index contributed by atoms with van der Waals surface area (Å²) < 4.78 is 6.34. The van der Waals surface area contributed by atoms with Crippen molar-refractivity contribution in [1.29, 1.82) is 0 Å². The van der Waals surface area contributed by atoms with Gasteiger partial charge in [-0.05, 0) is 98.2 Å². The Balaban J connectivity index is 1.07. The molecule has 254 valence electrons. The lowest BCUT2D eigenvalue weighted by Crippen LogP contribution is -2.11. The predicted molar refractivity (Wildman–Crippen MR) is 228 cm³/mol. The molecule has 9 aromatic carbocycles. The number of para-hydroxylation sites is 2. The number of furan rings is 1. The van der Waals surface area contributed by atoms with Gasteiger partial charge in [-0.1, -0.05) is 164 Å².